The number of amides is 1. The Kier molecular flexibility index (Phi) is 9.12. The van der Waals surface area contributed by atoms with Gasteiger partial charge in [-0.1, -0.05) is 35.3 Å². The number of piperazine rings is 1. The number of carbonyl (C=O) groups is 1. The highest BCUT2D eigenvalue weighted by molar-refractivity contribution is 6.43. The number of anilines is 1. The lowest BCUT2D eigenvalue weighted by Crippen LogP contribution is -2.46. The largest absolute Gasteiger partial charge is 0.494 e. The molecule has 1 N–H and O–H groups in total. The van der Waals surface area contributed by atoms with Crippen LogP contribution in [0.15, 0.2) is 41.4 Å². The molecule has 0 saturated carbocycles. The molecule has 35 heavy (non-hydrogen) atoms. The molecular weight excluding hydrogens is 487 g/mol. The number of carbonyl (C=O) groups excluding carboxylic acids is 1. The van der Waals surface area contributed by atoms with Crippen molar-refractivity contribution in [2.75, 3.05) is 50.8 Å². The minimum atomic E-state index is -0.461. The number of halogens is 2. The van der Waals surface area contributed by atoms with Gasteiger partial charge in [0.15, 0.2) is 0 Å². The second-order valence-electron chi connectivity index (χ2n) is 8.67. The minimum absolute atomic E-state index is 0.443. The molecule has 4 rings (SSSR count). The Hall–Kier alpha value is -2.48. The second-order valence-corrected chi connectivity index (χ2v) is 9.46. The molecule has 1 saturated heterocycles. The van der Waals surface area contributed by atoms with Gasteiger partial charge in [0.1, 0.15) is 5.75 Å². The van der Waals surface area contributed by atoms with Gasteiger partial charge in [0.2, 0.25) is 5.90 Å². The van der Waals surface area contributed by atoms with Gasteiger partial charge < -0.3 is 19.7 Å². The minimum Gasteiger partial charge on any atom is -0.494 e. The van der Waals surface area contributed by atoms with Gasteiger partial charge in [-0.15, -0.1) is 0 Å². The van der Waals surface area contributed by atoms with Crippen molar-refractivity contribution < 1.29 is 14.3 Å². The van der Waals surface area contributed by atoms with Crippen molar-refractivity contribution in [3.05, 3.63) is 52.0 Å². The second kappa shape index (κ2) is 12.5. The molecule has 2 aliphatic rings. The molecule has 1 amide bonds. The number of hydrogen-bond acceptors (Lipinski definition) is 6. The fourth-order valence-electron chi connectivity index (χ4n) is 4.32. The average molecular weight is 519 g/mol. The number of fused-ring (bicyclic) bond motifs is 1. The van der Waals surface area contributed by atoms with Crippen molar-refractivity contribution in [3.63, 3.8) is 0 Å². The Labute approximate surface area is 217 Å². The zero-order chi connectivity index (χ0) is 24.6. The van der Waals surface area contributed by atoms with Crippen LogP contribution in [-0.2, 0) is 11.2 Å². The summed E-state index contributed by atoms with van der Waals surface area (Å²) in [6.07, 6.45) is 3.00. The van der Waals surface area contributed by atoms with Gasteiger partial charge in [-0.3, -0.25) is 4.90 Å². The number of aryl methyl sites for hydroxylation is 1. The highest BCUT2D eigenvalue weighted by Gasteiger charge is 2.20. The van der Waals surface area contributed by atoms with Crippen molar-refractivity contribution in [1.82, 2.24) is 10.2 Å². The topological polar surface area (TPSA) is 66.4 Å². The van der Waals surface area contributed by atoms with Crippen LogP contribution in [0.5, 0.6) is 5.75 Å². The van der Waals surface area contributed by atoms with E-state index >= 15 is 0 Å². The van der Waals surface area contributed by atoms with Crippen molar-refractivity contribution >= 4 is 46.6 Å². The van der Waals surface area contributed by atoms with Crippen LogP contribution < -0.4 is 15.0 Å². The molecule has 188 valence electrons. The molecule has 0 atom stereocenters. The number of alkyl carbamates (subject to hydrolysis) is 1. The molecule has 2 aromatic rings. The van der Waals surface area contributed by atoms with E-state index in [0.717, 1.165) is 74.7 Å². The quantitative estimate of drug-likeness (QED) is 0.454. The first-order chi connectivity index (χ1) is 17.0. The fourth-order valence-corrected chi connectivity index (χ4v) is 4.73. The van der Waals surface area contributed by atoms with Crippen LogP contribution in [0.4, 0.5) is 16.2 Å². The standard InChI is InChI=1S/C26H32Cl2N4O3/c1-2-29-26(33)35-24-11-9-19-8-10-20(18-22(19)30-24)34-17-4-3-12-31-13-15-32(16-14-31)23-7-5-6-21(27)25(23)28/h5-8,10,18H,2-4,9,11-17H2,1H3,(H,29,33). The van der Waals surface area contributed by atoms with Crippen molar-refractivity contribution in [1.29, 1.82) is 0 Å². The summed E-state index contributed by atoms with van der Waals surface area (Å²) in [7, 11) is 0. The van der Waals surface area contributed by atoms with E-state index in [0.29, 0.717) is 35.5 Å². The van der Waals surface area contributed by atoms with Gasteiger partial charge in [-0.2, -0.15) is 0 Å². The molecule has 7 nitrogen and oxygen atoms in total. The van der Waals surface area contributed by atoms with E-state index in [9.17, 15) is 4.79 Å². The molecule has 2 aliphatic heterocycles. The van der Waals surface area contributed by atoms with Crippen LogP contribution in [0.1, 0.15) is 31.7 Å². The highest BCUT2D eigenvalue weighted by atomic mass is 35.5. The van der Waals surface area contributed by atoms with Crippen LogP contribution in [0, 0.1) is 0 Å². The Morgan fingerprint density at radius 1 is 1.09 bits per heavy atom. The highest BCUT2D eigenvalue weighted by Crippen LogP contribution is 2.33. The number of benzene rings is 2. The fraction of sp³-hybridized carbons (Fsp3) is 0.462. The Bertz CT molecular complexity index is 1050. The molecule has 0 aliphatic carbocycles. The molecular formula is C26H32Cl2N4O3. The third-order valence-corrected chi connectivity index (χ3v) is 7.03. The molecule has 1 fully saturated rings. The van der Waals surface area contributed by atoms with E-state index in [4.69, 9.17) is 32.7 Å². The Balaban J connectivity index is 1.17. The zero-order valence-electron chi connectivity index (χ0n) is 20.1. The van der Waals surface area contributed by atoms with E-state index in [1.165, 1.54) is 0 Å². The number of nitrogens with zero attached hydrogens (tertiary/aromatic N) is 3. The predicted molar refractivity (Wildman–Crippen MR) is 142 cm³/mol. The summed E-state index contributed by atoms with van der Waals surface area (Å²) in [6, 6.07) is 11.8. The van der Waals surface area contributed by atoms with Crippen LogP contribution in [0.2, 0.25) is 10.0 Å². The normalized spacial score (nSPS) is 15.9. The molecule has 2 aromatic carbocycles. The monoisotopic (exact) mass is 518 g/mol. The number of aliphatic imine (C=N–C) groups is 1. The Morgan fingerprint density at radius 3 is 2.71 bits per heavy atom. The van der Waals surface area contributed by atoms with Gasteiger partial charge in [-0.25, -0.2) is 9.79 Å². The van der Waals surface area contributed by atoms with E-state index in [-0.39, 0.29) is 0 Å². The molecule has 0 bridgehead atoms. The first kappa shape index (κ1) is 25.6. The summed E-state index contributed by atoms with van der Waals surface area (Å²) in [6.45, 7) is 7.98. The molecule has 0 aromatic heterocycles. The maximum Gasteiger partial charge on any atom is 0.413 e. The average Bonchev–Trinajstić information content (AvgIpc) is 2.86. The number of nitrogens with one attached hydrogen (secondary N) is 1. The molecule has 2 heterocycles. The summed E-state index contributed by atoms with van der Waals surface area (Å²) < 4.78 is 11.3. The smallest absolute Gasteiger partial charge is 0.413 e. The summed E-state index contributed by atoms with van der Waals surface area (Å²) in [5.74, 6) is 1.23. The van der Waals surface area contributed by atoms with Crippen LogP contribution in [0.3, 0.4) is 0 Å². The molecule has 0 unspecified atom stereocenters. The number of rotatable bonds is 8. The summed E-state index contributed by atoms with van der Waals surface area (Å²) in [4.78, 5) is 20.9. The van der Waals surface area contributed by atoms with Crippen molar-refractivity contribution in [2.24, 2.45) is 4.99 Å². The van der Waals surface area contributed by atoms with Gasteiger partial charge >= 0.3 is 6.09 Å². The lowest BCUT2D eigenvalue weighted by molar-refractivity contribution is 0.196. The van der Waals surface area contributed by atoms with Gasteiger partial charge in [-0.05, 0) is 56.5 Å². The van der Waals surface area contributed by atoms with Crippen molar-refractivity contribution in [2.45, 2.75) is 32.6 Å². The van der Waals surface area contributed by atoms with Crippen LogP contribution >= 0.6 is 23.2 Å². The van der Waals surface area contributed by atoms with E-state index in [2.05, 4.69) is 20.1 Å². The van der Waals surface area contributed by atoms with E-state index < -0.39 is 6.09 Å². The summed E-state index contributed by atoms with van der Waals surface area (Å²) in [5.41, 5.74) is 2.97. The number of unbranched alkanes of at least 4 members (excludes halogenated alkanes) is 1. The molecule has 0 spiro atoms. The van der Waals surface area contributed by atoms with Crippen LogP contribution in [-0.4, -0.2) is 62.8 Å². The lowest BCUT2D eigenvalue weighted by Gasteiger charge is -2.36. The summed E-state index contributed by atoms with van der Waals surface area (Å²) in [5, 5.41) is 3.86. The maximum absolute atomic E-state index is 11.7. The number of ether oxygens (including phenoxy) is 2. The third kappa shape index (κ3) is 7.03. The van der Waals surface area contributed by atoms with Gasteiger partial charge in [0.25, 0.3) is 0 Å². The first-order valence-electron chi connectivity index (χ1n) is 12.2. The van der Waals surface area contributed by atoms with Gasteiger partial charge in [0, 0.05) is 45.2 Å². The Morgan fingerprint density at radius 2 is 1.91 bits per heavy atom. The summed E-state index contributed by atoms with van der Waals surface area (Å²) >= 11 is 12.5. The predicted octanol–water partition coefficient (Wildman–Crippen LogP) is 5.70. The van der Waals surface area contributed by atoms with Crippen LogP contribution in [0.25, 0.3) is 0 Å². The lowest BCUT2D eigenvalue weighted by atomic mass is 10.0. The van der Waals surface area contributed by atoms with Gasteiger partial charge in [0.05, 0.1) is 28.0 Å². The zero-order valence-corrected chi connectivity index (χ0v) is 21.6. The van der Waals surface area contributed by atoms with E-state index in [1.54, 1.807) is 0 Å². The number of hydrogen-bond donors (Lipinski definition) is 1. The van der Waals surface area contributed by atoms with Crippen molar-refractivity contribution in [3.8, 4) is 5.75 Å². The molecule has 9 heteroatoms. The third-order valence-electron chi connectivity index (χ3n) is 6.22. The maximum atomic E-state index is 11.7. The molecule has 0 radical (unpaired) electrons. The SMILES string of the molecule is CCNC(=O)OC1=Nc2cc(OCCCCN3CCN(c4cccc(Cl)c4Cl)CC3)ccc2CC1. The first-order valence-corrected chi connectivity index (χ1v) is 13.0. The van der Waals surface area contributed by atoms with E-state index in [1.807, 2.05) is 43.3 Å².